The molecule has 0 aliphatic heterocycles. The fourth-order valence-corrected chi connectivity index (χ4v) is 1.90. The SMILES string of the molecule is Oc1ccc(-c2cn(-c3cccc(O)c3)cn2)cc1. The van der Waals surface area contributed by atoms with Crippen LogP contribution in [0.4, 0.5) is 0 Å². The average Bonchev–Trinajstić information content (AvgIpc) is 2.89. The number of phenols is 2. The highest BCUT2D eigenvalue weighted by Crippen LogP contribution is 2.22. The Bertz CT molecular complexity index is 702. The van der Waals surface area contributed by atoms with Gasteiger partial charge in [-0.2, -0.15) is 0 Å². The van der Waals surface area contributed by atoms with Crippen LogP contribution in [0.5, 0.6) is 11.5 Å². The summed E-state index contributed by atoms with van der Waals surface area (Å²) in [5.74, 6) is 0.452. The molecule has 0 unspecified atom stereocenters. The lowest BCUT2D eigenvalue weighted by Crippen LogP contribution is -1.88. The van der Waals surface area contributed by atoms with Crippen molar-refractivity contribution in [3.63, 3.8) is 0 Å². The van der Waals surface area contributed by atoms with Gasteiger partial charge in [0.15, 0.2) is 0 Å². The predicted octanol–water partition coefficient (Wildman–Crippen LogP) is 2.95. The largest absolute Gasteiger partial charge is 0.508 e. The van der Waals surface area contributed by atoms with Gasteiger partial charge < -0.3 is 14.8 Å². The van der Waals surface area contributed by atoms with Gasteiger partial charge >= 0.3 is 0 Å². The summed E-state index contributed by atoms with van der Waals surface area (Å²) in [6.07, 6.45) is 3.57. The van der Waals surface area contributed by atoms with Gasteiger partial charge in [0.1, 0.15) is 11.5 Å². The van der Waals surface area contributed by atoms with Gasteiger partial charge in [0.25, 0.3) is 0 Å². The predicted molar refractivity (Wildman–Crippen MR) is 72.3 cm³/mol. The normalized spacial score (nSPS) is 10.5. The zero-order chi connectivity index (χ0) is 13.2. The number of nitrogens with zero attached hydrogens (tertiary/aromatic N) is 2. The molecule has 0 atom stereocenters. The van der Waals surface area contributed by atoms with Crippen LogP contribution in [0, 0.1) is 0 Å². The highest BCUT2D eigenvalue weighted by molar-refractivity contribution is 5.60. The Morgan fingerprint density at radius 2 is 1.68 bits per heavy atom. The first-order valence-corrected chi connectivity index (χ1v) is 5.85. The van der Waals surface area contributed by atoms with Crippen LogP contribution < -0.4 is 0 Å². The molecule has 0 aliphatic carbocycles. The number of benzene rings is 2. The van der Waals surface area contributed by atoms with Crippen LogP contribution in [-0.2, 0) is 0 Å². The summed E-state index contributed by atoms with van der Waals surface area (Å²) in [6.45, 7) is 0. The summed E-state index contributed by atoms with van der Waals surface area (Å²) in [4.78, 5) is 4.32. The number of hydrogen-bond acceptors (Lipinski definition) is 3. The van der Waals surface area contributed by atoms with Crippen LogP contribution in [0.25, 0.3) is 16.9 Å². The van der Waals surface area contributed by atoms with Gasteiger partial charge in [-0.05, 0) is 36.4 Å². The summed E-state index contributed by atoms with van der Waals surface area (Å²) in [6, 6.07) is 13.8. The second-order valence-corrected chi connectivity index (χ2v) is 4.23. The maximum absolute atomic E-state index is 9.47. The molecule has 0 saturated carbocycles. The number of phenolic OH excluding ortho intramolecular Hbond substituents is 2. The maximum Gasteiger partial charge on any atom is 0.117 e. The molecule has 1 aromatic heterocycles. The summed E-state index contributed by atoms with van der Waals surface area (Å²) in [5, 5.41) is 18.7. The van der Waals surface area contributed by atoms with E-state index in [-0.39, 0.29) is 11.5 Å². The Morgan fingerprint density at radius 3 is 2.42 bits per heavy atom. The second kappa shape index (κ2) is 4.49. The van der Waals surface area contributed by atoms with Crippen molar-refractivity contribution in [3.8, 4) is 28.4 Å². The lowest BCUT2D eigenvalue weighted by atomic mass is 10.2. The quantitative estimate of drug-likeness (QED) is 0.737. The van der Waals surface area contributed by atoms with E-state index in [1.807, 2.05) is 29.0 Å². The fraction of sp³-hybridized carbons (Fsp3) is 0. The molecule has 94 valence electrons. The van der Waals surface area contributed by atoms with E-state index >= 15 is 0 Å². The molecule has 0 saturated heterocycles. The number of hydrogen-bond donors (Lipinski definition) is 2. The highest BCUT2D eigenvalue weighted by Gasteiger charge is 2.04. The molecule has 4 heteroatoms. The minimum absolute atomic E-state index is 0.220. The second-order valence-electron chi connectivity index (χ2n) is 4.23. The zero-order valence-electron chi connectivity index (χ0n) is 10.1. The summed E-state index contributed by atoms with van der Waals surface area (Å²) < 4.78 is 1.84. The van der Waals surface area contributed by atoms with E-state index in [1.165, 1.54) is 0 Å². The highest BCUT2D eigenvalue weighted by atomic mass is 16.3. The van der Waals surface area contributed by atoms with Gasteiger partial charge in [0.2, 0.25) is 0 Å². The van der Waals surface area contributed by atoms with Gasteiger partial charge in [0.05, 0.1) is 17.7 Å². The van der Waals surface area contributed by atoms with Gasteiger partial charge in [-0.3, -0.25) is 0 Å². The first-order valence-electron chi connectivity index (χ1n) is 5.85. The third-order valence-electron chi connectivity index (χ3n) is 2.87. The molecule has 1 heterocycles. The van der Waals surface area contributed by atoms with Crippen molar-refractivity contribution in [1.29, 1.82) is 0 Å². The Labute approximate surface area is 110 Å². The topological polar surface area (TPSA) is 58.3 Å². The van der Waals surface area contributed by atoms with Crippen LogP contribution in [-0.4, -0.2) is 19.8 Å². The number of rotatable bonds is 2. The Balaban J connectivity index is 1.97. The van der Waals surface area contributed by atoms with E-state index in [4.69, 9.17) is 0 Å². The van der Waals surface area contributed by atoms with Gasteiger partial charge in [-0.25, -0.2) is 4.98 Å². The third-order valence-corrected chi connectivity index (χ3v) is 2.87. The Kier molecular flexibility index (Phi) is 2.68. The molecule has 3 rings (SSSR count). The van der Waals surface area contributed by atoms with E-state index < -0.39 is 0 Å². The van der Waals surface area contributed by atoms with Crippen molar-refractivity contribution in [2.24, 2.45) is 0 Å². The minimum Gasteiger partial charge on any atom is -0.508 e. The van der Waals surface area contributed by atoms with Gasteiger partial charge in [0, 0.05) is 17.8 Å². The number of aromatic hydroxyl groups is 2. The molecule has 0 radical (unpaired) electrons. The Hall–Kier alpha value is -2.75. The van der Waals surface area contributed by atoms with Crippen molar-refractivity contribution in [2.75, 3.05) is 0 Å². The van der Waals surface area contributed by atoms with Crippen LogP contribution >= 0.6 is 0 Å². The first-order chi connectivity index (χ1) is 9.22. The van der Waals surface area contributed by atoms with E-state index in [1.54, 1.807) is 36.7 Å². The average molecular weight is 252 g/mol. The molecule has 0 fully saturated rings. The van der Waals surface area contributed by atoms with Gasteiger partial charge in [-0.1, -0.05) is 6.07 Å². The monoisotopic (exact) mass is 252 g/mol. The molecule has 19 heavy (non-hydrogen) atoms. The minimum atomic E-state index is 0.220. The van der Waals surface area contributed by atoms with E-state index in [0.717, 1.165) is 16.9 Å². The van der Waals surface area contributed by atoms with Crippen LogP contribution in [0.1, 0.15) is 0 Å². The number of aromatic nitrogens is 2. The molecule has 4 nitrogen and oxygen atoms in total. The fourth-order valence-electron chi connectivity index (χ4n) is 1.90. The van der Waals surface area contributed by atoms with Crippen LogP contribution in [0.3, 0.4) is 0 Å². The smallest absolute Gasteiger partial charge is 0.117 e. The lowest BCUT2D eigenvalue weighted by Gasteiger charge is -2.01. The van der Waals surface area contributed by atoms with Crippen molar-refractivity contribution in [3.05, 3.63) is 61.1 Å². The van der Waals surface area contributed by atoms with Gasteiger partial charge in [-0.15, -0.1) is 0 Å². The van der Waals surface area contributed by atoms with Crippen molar-refractivity contribution >= 4 is 0 Å². The molecule has 0 bridgehead atoms. The van der Waals surface area contributed by atoms with Crippen LogP contribution in [0.2, 0.25) is 0 Å². The van der Waals surface area contributed by atoms with Crippen molar-refractivity contribution in [1.82, 2.24) is 9.55 Å². The summed E-state index contributed by atoms with van der Waals surface area (Å²) in [7, 11) is 0. The molecule has 2 aromatic carbocycles. The lowest BCUT2D eigenvalue weighted by molar-refractivity contribution is 0.474. The number of imidazole rings is 1. The van der Waals surface area contributed by atoms with Crippen molar-refractivity contribution < 1.29 is 10.2 Å². The molecule has 2 N–H and O–H groups in total. The molecular weight excluding hydrogens is 240 g/mol. The van der Waals surface area contributed by atoms with Crippen LogP contribution in [0.15, 0.2) is 61.1 Å². The molecule has 3 aromatic rings. The van der Waals surface area contributed by atoms with Crippen molar-refractivity contribution in [2.45, 2.75) is 0 Å². The van der Waals surface area contributed by atoms with E-state index in [9.17, 15) is 10.2 Å². The molecular formula is C15H12N2O2. The standard InChI is InChI=1S/C15H12N2O2/c18-13-6-4-11(5-7-13)15-9-17(10-16-15)12-2-1-3-14(19)8-12/h1-10,18-19H. The molecule has 0 spiro atoms. The summed E-state index contributed by atoms with van der Waals surface area (Å²) >= 11 is 0. The van der Waals surface area contributed by atoms with E-state index in [2.05, 4.69) is 4.98 Å². The van der Waals surface area contributed by atoms with E-state index in [0.29, 0.717) is 0 Å². The molecule has 0 amide bonds. The zero-order valence-corrected chi connectivity index (χ0v) is 10.1. The maximum atomic E-state index is 9.47. The third kappa shape index (κ3) is 2.28. The summed E-state index contributed by atoms with van der Waals surface area (Å²) in [5.41, 5.74) is 2.58. The molecule has 0 aliphatic rings. The Morgan fingerprint density at radius 1 is 0.895 bits per heavy atom. The first kappa shape index (κ1) is 11.3.